The Labute approximate surface area is 277 Å². The molecule has 0 saturated carbocycles. The number of rotatable bonds is 8. The molecule has 0 atom stereocenters. The monoisotopic (exact) mass is 668 g/mol. The first-order chi connectivity index (χ1) is 22.0. The van der Waals surface area contributed by atoms with E-state index in [1.165, 1.54) is 11.1 Å². The van der Waals surface area contributed by atoms with Crippen molar-refractivity contribution in [2.45, 2.75) is 62.2 Å². The van der Waals surface area contributed by atoms with Crippen LogP contribution in [0.5, 0.6) is 23.0 Å². The van der Waals surface area contributed by atoms with Gasteiger partial charge >= 0.3 is 16.9 Å². The topological polar surface area (TPSA) is 47.4 Å². The van der Waals surface area contributed by atoms with Crippen LogP contribution in [0.2, 0.25) is 0 Å². The van der Waals surface area contributed by atoms with Crippen molar-refractivity contribution in [2.24, 2.45) is 0 Å². The Hall–Kier alpha value is -3.83. The minimum absolute atomic E-state index is 0.0947. The molecule has 0 bridgehead atoms. The van der Waals surface area contributed by atoms with E-state index in [1.807, 2.05) is 98.1 Å². The van der Waals surface area contributed by atoms with E-state index in [1.54, 1.807) is 11.8 Å². The van der Waals surface area contributed by atoms with Gasteiger partial charge in [-0.25, -0.2) is 0 Å². The molecule has 1 aliphatic rings. The molecular weight excluding hydrogens is 630 g/mol. The van der Waals surface area contributed by atoms with Crippen LogP contribution in [0.3, 0.4) is 0 Å². The summed E-state index contributed by atoms with van der Waals surface area (Å²) < 4.78 is 29.4. The van der Waals surface area contributed by atoms with Crippen LogP contribution in [0.15, 0.2) is 132 Å². The van der Waals surface area contributed by atoms with Gasteiger partial charge in [0.1, 0.15) is 0 Å². The maximum absolute atomic E-state index is 6.98. The molecule has 4 aromatic heterocycles. The summed E-state index contributed by atoms with van der Waals surface area (Å²) in [5.74, 6) is 2.82. The number of fused-ring (bicyclic) bond motifs is 2. The van der Waals surface area contributed by atoms with Crippen LogP contribution in [0.25, 0.3) is 0 Å². The quantitative estimate of drug-likeness (QED) is 0.151. The van der Waals surface area contributed by atoms with Gasteiger partial charge in [-0.1, -0.05) is 53.3 Å². The Balaban J connectivity index is 1.36. The molecule has 10 heteroatoms. The Morgan fingerprint density at radius 3 is 1.09 bits per heavy atom. The first-order valence-electron chi connectivity index (χ1n) is 15.3. The second-order valence-corrected chi connectivity index (χ2v) is 17.6. The van der Waals surface area contributed by atoms with E-state index < -0.39 is 16.9 Å². The standard InChI is InChI=1S/C36H38N4O3P2S/c1-35(2,3)27-23-29(42-44(37-15-7-8-16-37)38-17-9-10-18-38)33-31(25-27)46-32-26-28(36(4,5)6)24-30(34(32)41-33)43-45(39-19-11-12-20-39)40-21-13-14-22-40/h7-26H,1-6H3. The summed E-state index contributed by atoms with van der Waals surface area (Å²) in [4.78, 5) is 2.06. The summed E-state index contributed by atoms with van der Waals surface area (Å²) >= 11 is 1.72. The van der Waals surface area contributed by atoms with E-state index in [9.17, 15) is 0 Å². The highest BCUT2D eigenvalue weighted by Crippen LogP contribution is 2.59. The maximum Gasteiger partial charge on any atom is 0.317 e. The molecule has 46 heavy (non-hydrogen) atoms. The van der Waals surface area contributed by atoms with E-state index >= 15 is 0 Å². The van der Waals surface area contributed by atoms with Crippen molar-refractivity contribution >= 4 is 28.7 Å². The molecule has 1 aliphatic heterocycles. The molecule has 0 N–H and O–H groups in total. The van der Waals surface area contributed by atoms with E-state index in [2.05, 4.69) is 83.2 Å². The van der Waals surface area contributed by atoms with E-state index in [0.29, 0.717) is 23.0 Å². The third kappa shape index (κ3) is 6.14. The van der Waals surface area contributed by atoms with Crippen LogP contribution < -0.4 is 13.8 Å². The summed E-state index contributed by atoms with van der Waals surface area (Å²) in [5, 5.41) is 0. The fourth-order valence-corrected chi connectivity index (χ4v) is 9.17. The smallest absolute Gasteiger partial charge is 0.317 e. The molecule has 5 heterocycles. The van der Waals surface area contributed by atoms with Gasteiger partial charge in [-0.05, 0) is 94.8 Å². The molecular formula is C36H38N4O3P2S. The Morgan fingerprint density at radius 2 is 0.804 bits per heavy atom. The lowest BCUT2D eigenvalue weighted by atomic mass is 9.86. The summed E-state index contributed by atoms with van der Waals surface area (Å²) in [6.45, 7) is 13.4. The van der Waals surface area contributed by atoms with Crippen molar-refractivity contribution in [3.63, 3.8) is 0 Å². The van der Waals surface area contributed by atoms with Gasteiger partial charge in [0.15, 0.2) is 23.0 Å². The highest BCUT2D eigenvalue weighted by molar-refractivity contribution is 7.99. The van der Waals surface area contributed by atoms with Gasteiger partial charge < -0.3 is 13.8 Å². The second-order valence-electron chi connectivity index (χ2n) is 13.2. The van der Waals surface area contributed by atoms with Crippen molar-refractivity contribution in [1.82, 2.24) is 17.4 Å². The molecule has 6 aromatic rings. The number of hydrogen-bond acceptors (Lipinski definition) is 4. The third-order valence-electron chi connectivity index (χ3n) is 7.70. The lowest BCUT2D eigenvalue weighted by Gasteiger charge is -2.31. The summed E-state index contributed by atoms with van der Waals surface area (Å²) in [5.41, 5.74) is 2.18. The van der Waals surface area contributed by atoms with E-state index in [4.69, 9.17) is 13.8 Å². The Morgan fingerprint density at radius 1 is 0.500 bits per heavy atom. The molecule has 0 spiro atoms. The summed E-state index contributed by atoms with van der Waals surface area (Å²) in [6.07, 6.45) is 16.3. The van der Waals surface area contributed by atoms with Crippen LogP contribution in [-0.4, -0.2) is 17.4 Å². The number of aromatic nitrogens is 4. The molecule has 7 rings (SSSR count). The zero-order valence-electron chi connectivity index (χ0n) is 26.9. The summed E-state index contributed by atoms with van der Waals surface area (Å²) in [6, 6.07) is 25.0. The minimum atomic E-state index is -1.27. The highest BCUT2D eigenvalue weighted by atomic mass is 32.2. The first kappa shape index (κ1) is 30.8. The van der Waals surface area contributed by atoms with E-state index in [-0.39, 0.29) is 10.8 Å². The lowest BCUT2D eigenvalue weighted by molar-refractivity contribution is 0.407. The molecule has 0 radical (unpaired) electrons. The van der Waals surface area contributed by atoms with Crippen LogP contribution in [0.4, 0.5) is 0 Å². The molecule has 0 aliphatic carbocycles. The number of nitrogens with zero attached hydrogens (tertiary/aromatic N) is 4. The normalized spacial score (nSPS) is 13.0. The molecule has 7 nitrogen and oxygen atoms in total. The minimum Gasteiger partial charge on any atom is -0.447 e. The lowest BCUT2D eigenvalue weighted by Crippen LogP contribution is -2.14. The largest absolute Gasteiger partial charge is 0.447 e. The molecule has 0 fully saturated rings. The predicted octanol–water partition coefficient (Wildman–Crippen LogP) is 11.1. The highest BCUT2D eigenvalue weighted by Gasteiger charge is 2.33. The van der Waals surface area contributed by atoms with Gasteiger partial charge in [0.25, 0.3) is 0 Å². The SMILES string of the molecule is CC(C)(C)c1cc(OP(n2cccc2)n2cccc2)c2c(c1)Sc1cc(C(C)(C)C)cc(OP(n3cccc3)n3cccc3)c1O2. The first-order valence-corrected chi connectivity index (χ1v) is 18.4. The fourth-order valence-electron chi connectivity index (χ4n) is 5.09. The predicted molar refractivity (Wildman–Crippen MR) is 189 cm³/mol. The van der Waals surface area contributed by atoms with Gasteiger partial charge in [-0.2, -0.15) is 0 Å². The average Bonchev–Trinajstić information content (AvgIpc) is 3.85. The van der Waals surface area contributed by atoms with Gasteiger partial charge in [0.2, 0.25) is 0 Å². The molecule has 2 aromatic carbocycles. The zero-order chi connectivity index (χ0) is 32.1. The van der Waals surface area contributed by atoms with Gasteiger partial charge in [0, 0.05) is 49.6 Å². The van der Waals surface area contributed by atoms with Gasteiger partial charge in [-0.15, -0.1) is 0 Å². The molecule has 0 unspecified atom stereocenters. The van der Waals surface area contributed by atoms with Crippen molar-refractivity contribution < 1.29 is 13.8 Å². The molecule has 0 saturated heterocycles. The van der Waals surface area contributed by atoms with Crippen molar-refractivity contribution in [1.29, 1.82) is 0 Å². The molecule has 0 amide bonds. The zero-order valence-corrected chi connectivity index (χ0v) is 29.5. The Kier molecular flexibility index (Phi) is 8.09. The number of hydrogen-bond donors (Lipinski definition) is 0. The van der Waals surface area contributed by atoms with Crippen LogP contribution in [-0.2, 0) is 10.8 Å². The number of benzene rings is 2. The fraction of sp³-hybridized carbons (Fsp3) is 0.222. The van der Waals surface area contributed by atoms with Gasteiger partial charge in [-0.3, -0.25) is 17.4 Å². The number of ether oxygens (including phenoxy) is 1. The second kappa shape index (κ2) is 12.1. The third-order valence-corrected chi connectivity index (χ3v) is 12.1. The van der Waals surface area contributed by atoms with Crippen molar-refractivity contribution in [3.05, 3.63) is 133 Å². The van der Waals surface area contributed by atoms with Crippen molar-refractivity contribution in [3.8, 4) is 23.0 Å². The van der Waals surface area contributed by atoms with Crippen LogP contribution in [0, 0.1) is 0 Å². The van der Waals surface area contributed by atoms with Crippen molar-refractivity contribution in [2.75, 3.05) is 0 Å². The van der Waals surface area contributed by atoms with Crippen LogP contribution >= 0.6 is 28.7 Å². The Bertz CT molecular complexity index is 1710. The van der Waals surface area contributed by atoms with Gasteiger partial charge in [0.05, 0.1) is 9.79 Å². The van der Waals surface area contributed by atoms with E-state index in [0.717, 1.165) is 9.79 Å². The maximum atomic E-state index is 6.98. The van der Waals surface area contributed by atoms with Crippen LogP contribution in [0.1, 0.15) is 52.7 Å². The summed E-state index contributed by atoms with van der Waals surface area (Å²) in [7, 11) is -2.53. The average molecular weight is 669 g/mol. The molecule has 236 valence electrons.